The number of carbonyl (C=O) groups excluding carboxylic acids is 1. The smallest absolute Gasteiger partial charge is 0.265 e. The van der Waals surface area contributed by atoms with Crippen LogP contribution in [-0.4, -0.2) is 58.1 Å². The molecule has 128 valence electrons. The number of thiazole rings is 1. The minimum absolute atomic E-state index is 0.0744. The van der Waals surface area contributed by atoms with E-state index in [0.29, 0.717) is 37.5 Å². The molecule has 0 spiro atoms. The second kappa shape index (κ2) is 6.96. The molecule has 1 N–H and O–H groups in total. The van der Waals surface area contributed by atoms with Crippen LogP contribution >= 0.6 is 11.3 Å². The van der Waals surface area contributed by atoms with E-state index in [-0.39, 0.29) is 11.7 Å². The zero-order valence-electron chi connectivity index (χ0n) is 13.5. The number of amides is 1. The van der Waals surface area contributed by atoms with Gasteiger partial charge in [-0.3, -0.25) is 14.7 Å². The second-order valence-corrected chi connectivity index (χ2v) is 7.25. The van der Waals surface area contributed by atoms with Gasteiger partial charge in [-0.1, -0.05) is 12.1 Å². The number of aromatic nitrogens is 1. The van der Waals surface area contributed by atoms with Gasteiger partial charge in [-0.2, -0.15) is 0 Å². The average Bonchev–Trinajstić information content (AvgIpc) is 3.19. The summed E-state index contributed by atoms with van der Waals surface area (Å²) in [6.07, 6.45) is 2.11. The summed E-state index contributed by atoms with van der Waals surface area (Å²) < 4.78 is 13.0. The predicted octanol–water partition coefficient (Wildman–Crippen LogP) is 1.99. The molecule has 0 unspecified atom stereocenters. The molecule has 1 aromatic heterocycles. The molecular formula is C17H20FN3O2S. The summed E-state index contributed by atoms with van der Waals surface area (Å²) in [5, 5.41) is 10.8. The predicted molar refractivity (Wildman–Crippen MR) is 90.3 cm³/mol. The highest BCUT2D eigenvalue weighted by atomic mass is 32.1. The van der Waals surface area contributed by atoms with Gasteiger partial charge in [-0.25, -0.2) is 4.39 Å². The van der Waals surface area contributed by atoms with Gasteiger partial charge in [0.05, 0.1) is 23.9 Å². The van der Waals surface area contributed by atoms with Crippen LogP contribution in [0.2, 0.25) is 0 Å². The van der Waals surface area contributed by atoms with Crippen LogP contribution in [0.5, 0.6) is 0 Å². The van der Waals surface area contributed by atoms with Gasteiger partial charge in [0.25, 0.3) is 5.91 Å². The maximum Gasteiger partial charge on any atom is 0.265 e. The fourth-order valence-electron chi connectivity index (χ4n) is 3.10. The van der Waals surface area contributed by atoms with Crippen molar-refractivity contribution in [2.75, 3.05) is 26.7 Å². The van der Waals surface area contributed by atoms with Crippen molar-refractivity contribution >= 4 is 17.2 Å². The largest absolute Gasteiger partial charge is 0.387 e. The van der Waals surface area contributed by atoms with Crippen LogP contribution in [0.4, 0.5) is 4.39 Å². The Bertz CT molecular complexity index is 692. The van der Waals surface area contributed by atoms with Crippen LogP contribution in [0.1, 0.15) is 21.7 Å². The number of halogens is 1. The van der Waals surface area contributed by atoms with Crippen LogP contribution in [-0.2, 0) is 6.54 Å². The summed E-state index contributed by atoms with van der Waals surface area (Å²) in [7, 11) is 1.91. The van der Waals surface area contributed by atoms with Gasteiger partial charge in [0.2, 0.25) is 0 Å². The first-order valence-electron chi connectivity index (χ1n) is 7.78. The van der Waals surface area contributed by atoms with Crippen LogP contribution in [0.25, 0.3) is 0 Å². The van der Waals surface area contributed by atoms with Gasteiger partial charge >= 0.3 is 0 Å². The number of rotatable bonds is 5. The van der Waals surface area contributed by atoms with Crippen molar-refractivity contribution in [2.45, 2.75) is 18.6 Å². The van der Waals surface area contributed by atoms with Gasteiger partial charge in [-0.05, 0) is 31.2 Å². The SMILES string of the molecule is CN(Cc1ccc(F)cc1)C[C@]1(O)CCN(C(=O)c2cncs2)C1. The third-order valence-corrected chi connectivity index (χ3v) is 4.95. The van der Waals surface area contributed by atoms with E-state index in [4.69, 9.17) is 0 Å². The molecule has 1 aliphatic heterocycles. The third kappa shape index (κ3) is 3.98. The van der Waals surface area contributed by atoms with Crippen molar-refractivity contribution in [3.63, 3.8) is 0 Å². The number of likely N-dealkylation sites (N-methyl/N-ethyl adjacent to an activating group) is 1. The molecule has 0 saturated carbocycles. The molecule has 2 heterocycles. The molecule has 0 radical (unpaired) electrons. The summed E-state index contributed by atoms with van der Waals surface area (Å²) in [6.45, 7) is 1.93. The number of benzene rings is 1. The molecule has 1 aliphatic rings. The van der Waals surface area contributed by atoms with Crippen LogP contribution < -0.4 is 0 Å². The summed E-state index contributed by atoms with van der Waals surface area (Å²) in [6, 6.07) is 6.35. The molecule has 1 aromatic carbocycles. The van der Waals surface area contributed by atoms with E-state index in [1.54, 1.807) is 28.7 Å². The van der Waals surface area contributed by atoms with Crippen molar-refractivity contribution in [1.82, 2.24) is 14.8 Å². The first kappa shape index (κ1) is 17.0. The number of β-amino-alcohol motifs (C(OH)–C–C–N with tert-alkyl or cyclic N) is 1. The second-order valence-electron chi connectivity index (χ2n) is 6.37. The molecule has 3 rings (SSSR count). The Balaban J connectivity index is 1.56. The lowest BCUT2D eigenvalue weighted by Gasteiger charge is -2.29. The zero-order chi connectivity index (χ0) is 17.2. The summed E-state index contributed by atoms with van der Waals surface area (Å²) in [5.74, 6) is -0.331. The Morgan fingerprint density at radius 3 is 2.88 bits per heavy atom. The first-order chi connectivity index (χ1) is 11.5. The molecule has 24 heavy (non-hydrogen) atoms. The van der Waals surface area contributed by atoms with Crippen LogP contribution in [0.15, 0.2) is 36.0 Å². The molecular weight excluding hydrogens is 329 g/mol. The summed E-state index contributed by atoms with van der Waals surface area (Å²) >= 11 is 1.31. The van der Waals surface area contributed by atoms with E-state index in [0.717, 1.165) is 5.56 Å². The molecule has 0 aliphatic carbocycles. The van der Waals surface area contributed by atoms with E-state index in [2.05, 4.69) is 4.98 Å². The number of carbonyl (C=O) groups is 1. The quantitative estimate of drug-likeness (QED) is 0.897. The topological polar surface area (TPSA) is 56.7 Å². The minimum Gasteiger partial charge on any atom is -0.387 e. The lowest BCUT2D eigenvalue weighted by atomic mass is 10.0. The van der Waals surface area contributed by atoms with E-state index in [1.807, 2.05) is 11.9 Å². The standard InChI is InChI=1S/C17H20FN3O2S/c1-20(9-13-2-4-14(18)5-3-13)10-17(23)6-7-21(11-17)16(22)15-8-19-12-24-15/h2-5,8,12,23H,6-7,9-11H2,1H3/t17-/m1/s1. The van der Waals surface area contributed by atoms with Crippen LogP contribution in [0, 0.1) is 5.82 Å². The molecule has 1 amide bonds. The average molecular weight is 349 g/mol. The fourth-order valence-corrected chi connectivity index (χ4v) is 3.68. The van der Waals surface area contributed by atoms with Gasteiger partial charge < -0.3 is 10.0 Å². The Hall–Kier alpha value is -1.83. The van der Waals surface area contributed by atoms with Gasteiger partial charge in [-0.15, -0.1) is 11.3 Å². The molecule has 2 aromatic rings. The monoisotopic (exact) mass is 349 g/mol. The first-order valence-corrected chi connectivity index (χ1v) is 8.66. The summed E-state index contributed by atoms with van der Waals surface area (Å²) in [4.78, 5) is 20.5. The van der Waals surface area contributed by atoms with Crippen molar-refractivity contribution in [3.8, 4) is 0 Å². The van der Waals surface area contributed by atoms with E-state index in [9.17, 15) is 14.3 Å². The van der Waals surface area contributed by atoms with Crippen molar-refractivity contribution in [2.24, 2.45) is 0 Å². The highest BCUT2D eigenvalue weighted by molar-refractivity contribution is 7.11. The van der Waals surface area contributed by atoms with Gasteiger partial charge in [0.1, 0.15) is 10.7 Å². The molecule has 1 atom stereocenters. The molecule has 0 bridgehead atoms. The Labute approximate surface area is 144 Å². The molecule has 7 heteroatoms. The number of aliphatic hydroxyl groups is 1. The lowest BCUT2D eigenvalue weighted by molar-refractivity contribution is 0.0164. The van der Waals surface area contributed by atoms with Gasteiger partial charge in [0.15, 0.2) is 0 Å². The van der Waals surface area contributed by atoms with E-state index < -0.39 is 5.60 Å². The fraction of sp³-hybridized carbons (Fsp3) is 0.412. The van der Waals surface area contributed by atoms with Gasteiger partial charge in [0, 0.05) is 19.6 Å². The maximum absolute atomic E-state index is 13.0. The number of nitrogens with zero attached hydrogens (tertiary/aromatic N) is 3. The molecule has 1 saturated heterocycles. The normalized spacial score (nSPS) is 20.8. The Kier molecular flexibility index (Phi) is 4.93. The zero-order valence-corrected chi connectivity index (χ0v) is 14.3. The van der Waals surface area contributed by atoms with Crippen molar-refractivity contribution < 1.29 is 14.3 Å². The highest BCUT2D eigenvalue weighted by Gasteiger charge is 2.39. The van der Waals surface area contributed by atoms with E-state index in [1.165, 1.54) is 23.5 Å². The van der Waals surface area contributed by atoms with Crippen molar-refractivity contribution in [3.05, 3.63) is 52.2 Å². The van der Waals surface area contributed by atoms with Crippen LogP contribution in [0.3, 0.4) is 0 Å². The number of hydrogen-bond donors (Lipinski definition) is 1. The number of likely N-dealkylation sites (tertiary alicyclic amines) is 1. The molecule has 1 fully saturated rings. The minimum atomic E-state index is -0.921. The number of hydrogen-bond acceptors (Lipinski definition) is 5. The van der Waals surface area contributed by atoms with E-state index >= 15 is 0 Å². The molecule has 5 nitrogen and oxygen atoms in total. The third-order valence-electron chi connectivity index (χ3n) is 4.19. The van der Waals surface area contributed by atoms with Crippen molar-refractivity contribution in [1.29, 1.82) is 0 Å². The summed E-state index contributed by atoms with van der Waals surface area (Å²) in [5.41, 5.74) is 1.69. The maximum atomic E-state index is 13.0. The Morgan fingerprint density at radius 2 is 2.21 bits per heavy atom. The Morgan fingerprint density at radius 1 is 1.46 bits per heavy atom. The highest BCUT2D eigenvalue weighted by Crippen LogP contribution is 2.25. The lowest BCUT2D eigenvalue weighted by Crippen LogP contribution is -2.44.